The summed E-state index contributed by atoms with van der Waals surface area (Å²) in [5, 5.41) is 0.734. The number of nitrogens with zero attached hydrogens (tertiary/aromatic N) is 3. The molecule has 6 nitrogen and oxygen atoms in total. The highest BCUT2D eigenvalue weighted by molar-refractivity contribution is 5.98. The predicted molar refractivity (Wildman–Crippen MR) is 97.9 cm³/mol. The standard InChI is InChI=1S/C20H22FN3O3/c1-13-16(11-14-4-5-15(21)12-17(14)22-13)19(25)23-6-8-24(9-7-23)20(26)18-3-2-10-27-18/h4-5,11-12,18H,2-3,6-10H2,1H3. The summed E-state index contributed by atoms with van der Waals surface area (Å²) >= 11 is 0. The van der Waals surface area contributed by atoms with E-state index in [1.807, 2.05) is 0 Å². The topological polar surface area (TPSA) is 62.7 Å². The van der Waals surface area contributed by atoms with Crippen LogP contribution in [0.15, 0.2) is 24.3 Å². The molecule has 1 aromatic heterocycles. The molecule has 2 aromatic rings. The lowest BCUT2D eigenvalue weighted by atomic mass is 10.1. The van der Waals surface area contributed by atoms with Crippen LogP contribution in [-0.4, -0.2) is 65.5 Å². The number of rotatable bonds is 2. The van der Waals surface area contributed by atoms with Crippen molar-refractivity contribution in [1.29, 1.82) is 0 Å². The van der Waals surface area contributed by atoms with Crippen LogP contribution in [0.5, 0.6) is 0 Å². The minimum absolute atomic E-state index is 0.0326. The highest BCUT2D eigenvalue weighted by Gasteiger charge is 2.31. The van der Waals surface area contributed by atoms with Gasteiger partial charge in [0.2, 0.25) is 0 Å². The van der Waals surface area contributed by atoms with Gasteiger partial charge in [0.1, 0.15) is 11.9 Å². The Morgan fingerprint density at radius 1 is 1.15 bits per heavy atom. The van der Waals surface area contributed by atoms with E-state index in [9.17, 15) is 14.0 Å². The zero-order valence-electron chi connectivity index (χ0n) is 15.3. The molecule has 3 heterocycles. The van der Waals surface area contributed by atoms with Gasteiger partial charge in [-0.1, -0.05) is 0 Å². The number of fused-ring (bicyclic) bond motifs is 1. The number of pyridine rings is 1. The largest absolute Gasteiger partial charge is 0.368 e. The first-order chi connectivity index (χ1) is 13.0. The molecule has 2 fully saturated rings. The van der Waals surface area contributed by atoms with Crippen LogP contribution in [0.1, 0.15) is 28.9 Å². The number of hydrogen-bond acceptors (Lipinski definition) is 4. The smallest absolute Gasteiger partial charge is 0.255 e. The van der Waals surface area contributed by atoms with E-state index in [1.54, 1.807) is 28.9 Å². The summed E-state index contributed by atoms with van der Waals surface area (Å²) in [6.07, 6.45) is 1.38. The molecule has 2 aliphatic rings. The molecule has 0 saturated carbocycles. The quantitative estimate of drug-likeness (QED) is 0.812. The summed E-state index contributed by atoms with van der Waals surface area (Å²) in [7, 11) is 0. The fraction of sp³-hybridized carbons (Fsp3) is 0.450. The van der Waals surface area contributed by atoms with Crippen LogP contribution in [0.25, 0.3) is 10.9 Å². The molecule has 4 rings (SSSR count). The van der Waals surface area contributed by atoms with Crippen LogP contribution in [0, 0.1) is 12.7 Å². The van der Waals surface area contributed by atoms with Crippen molar-refractivity contribution in [1.82, 2.24) is 14.8 Å². The Bertz CT molecular complexity index is 887. The van der Waals surface area contributed by atoms with E-state index < -0.39 is 0 Å². The van der Waals surface area contributed by atoms with Crippen molar-refractivity contribution in [3.63, 3.8) is 0 Å². The van der Waals surface area contributed by atoms with Gasteiger partial charge in [0.25, 0.3) is 11.8 Å². The van der Waals surface area contributed by atoms with Crippen LogP contribution in [0.4, 0.5) is 4.39 Å². The van der Waals surface area contributed by atoms with Gasteiger partial charge in [-0.25, -0.2) is 4.39 Å². The van der Waals surface area contributed by atoms with Crippen molar-refractivity contribution in [3.05, 3.63) is 41.3 Å². The van der Waals surface area contributed by atoms with Crippen molar-refractivity contribution in [3.8, 4) is 0 Å². The van der Waals surface area contributed by atoms with Crippen LogP contribution in [0.2, 0.25) is 0 Å². The first-order valence-corrected chi connectivity index (χ1v) is 9.29. The van der Waals surface area contributed by atoms with Crippen LogP contribution in [0.3, 0.4) is 0 Å². The summed E-state index contributed by atoms with van der Waals surface area (Å²) in [5.41, 5.74) is 1.64. The summed E-state index contributed by atoms with van der Waals surface area (Å²) in [5.74, 6) is -0.416. The van der Waals surface area contributed by atoms with Gasteiger partial charge in [-0.3, -0.25) is 14.6 Å². The molecule has 0 aliphatic carbocycles. The molecular formula is C20H22FN3O3. The molecule has 2 saturated heterocycles. The number of piperazine rings is 1. The number of aryl methyl sites for hydroxylation is 1. The number of halogens is 1. The Balaban J connectivity index is 1.46. The molecule has 0 radical (unpaired) electrons. The lowest BCUT2D eigenvalue weighted by Gasteiger charge is -2.36. The zero-order valence-corrected chi connectivity index (χ0v) is 15.3. The van der Waals surface area contributed by atoms with Gasteiger partial charge in [0.15, 0.2) is 0 Å². The number of ether oxygens (including phenoxy) is 1. The second-order valence-electron chi connectivity index (χ2n) is 7.08. The summed E-state index contributed by atoms with van der Waals surface area (Å²) < 4.78 is 18.8. The van der Waals surface area contributed by atoms with Crippen LogP contribution >= 0.6 is 0 Å². The maximum atomic E-state index is 13.4. The average molecular weight is 371 g/mol. The van der Waals surface area contributed by atoms with Gasteiger partial charge in [-0.05, 0) is 38.0 Å². The number of aromatic nitrogens is 1. The van der Waals surface area contributed by atoms with E-state index in [0.717, 1.165) is 18.2 Å². The molecule has 2 aliphatic heterocycles. The molecule has 27 heavy (non-hydrogen) atoms. The summed E-state index contributed by atoms with van der Waals surface area (Å²) in [4.78, 5) is 33.3. The normalized spacial score (nSPS) is 20.3. The second-order valence-corrected chi connectivity index (χ2v) is 7.08. The highest BCUT2D eigenvalue weighted by Crippen LogP contribution is 2.21. The van der Waals surface area contributed by atoms with Gasteiger partial charge in [0.05, 0.1) is 16.8 Å². The van der Waals surface area contributed by atoms with Gasteiger partial charge in [-0.15, -0.1) is 0 Å². The fourth-order valence-corrected chi connectivity index (χ4v) is 3.73. The van der Waals surface area contributed by atoms with Crippen molar-refractivity contribution in [2.24, 2.45) is 0 Å². The minimum Gasteiger partial charge on any atom is -0.368 e. The first-order valence-electron chi connectivity index (χ1n) is 9.29. The second kappa shape index (κ2) is 7.23. The lowest BCUT2D eigenvalue weighted by Crippen LogP contribution is -2.52. The van der Waals surface area contributed by atoms with Crippen molar-refractivity contribution in [2.45, 2.75) is 25.9 Å². The lowest BCUT2D eigenvalue weighted by molar-refractivity contribution is -0.142. The Labute approximate surface area is 156 Å². The molecule has 1 atom stereocenters. The maximum Gasteiger partial charge on any atom is 0.255 e. The number of benzene rings is 1. The number of amides is 2. The molecule has 7 heteroatoms. The molecule has 0 spiro atoms. The van der Waals surface area contributed by atoms with Gasteiger partial charge >= 0.3 is 0 Å². The van der Waals surface area contributed by atoms with E-state index in [1.165, 1.54) is 12.1 Å². The zero-order chi connectivity index (χ0) is 19.0. The van der Waals surface area contributed by atoms with E-state index >= 15 is 0 Å². The summed E-state index contributed by atoms with van der Waals surface area (Å²) in [6.45, 7) is 4.39. The number of carbonyl (C=O) groups is 2. The van der Waals surface area contributed by atoms with Crippen LogP contribution in [-0.2, 0) is 9.53 Å². The van der Waals surface area contributed by atoms with Gasteiger partial charge < -0.3 is 14.5 Å². The molecule has 1 aromatic carbocycles. The van der Waals surface area contributed by atoms with Crippen molar-refractivity contribution < 1.29 is 18.7 Å². The van der Waals surface area contributed by atoms with E-state index in [4.69, 9.17) is 4.74 Å². The van der Waals surface area contributed by atoms with Crippen molar-refractivity contribution >= 4 is 22.7 Å². The monoisotopic (exact) mass is 371 g/mol. The average Bonchev–Trinajstić information content (AvgIpc) is 3.21. The van der Waals surface area contributed by atoms with E-state index in [0.29, 0.717) is 49.6 Å². The van der Waals surface area contributed by atoms with E-state index in [-0.39, 0.29) is 23.7 Å². The Morgan fingerprint density at radius 3 is 2.59 bits per heavy atom. The highest BCUT2D eigenvalue weighted by atomic mass is 19.1. The number of hydrogen-bond donors (Lipinski definition) is 0. The molecule has 2 amide bonds. The molecule has 142 valence electrons. The summed E-state index contributed by atoms with van der Waals surface area (Å²) in [6, 6.07) is 6.13. The molecule has 1 unspecified atom stereocenters. The van der Waals surface area contributed by atoms with Crippen LogP contribution < -0.4 is 0 Å². The third kappa shape index (κ3) is 3.51. The van der Waals surface area contributed by atoms with Crippen molar-refractivity contribution in [2.75, 3.05) is 32.8 Å². The van der Waals surface area contributed by atoms with E-state index in [2.05, 4.69) is 4.98 Å². The first kappa shape index (κ1) is 17.9. The van der Waals surface area contributed by atoms with Gasteiger partial charge in [0, 0.05) is 44.2 Å². The molecular weight excluding hydrogens is 349 g/mol. The SMILES string of the molecule is Cc1nc2cc(F)ccc2cc1C(=O)N1CCN(C(=O)C2CCCO2)CC1. The minimum atomic E-state index is -0.347. The Kier molecular flexibility index (Phi) is 4.78. The predicted octanol–water partition coefficient (Wildman–Crippen LogP) is 2.15. The molecule has 0 bridgehead atoms. The Hall–Kier alpha value is -2.54. The fourth-order valence-electron chi connectivity index (χ4n) is 3.73. The Morgan fingerprint density at radius 2 is 1.89 bits per heavy atom. The number of carbonyl (C=O) groups excluding carboxylic acids is 2. The van der Waals surface area contributed by atoms with Gasteiger partial charge in [-0.2, -0.15) is 0 Å². The molecule has 0 N–H and O–H groups in total. The third-order valence-electron chi connectivity index (χ3n) is 5.28. The maximum absolute atomic E-state index is 13.4. The third-order valence-corrected chi connectivity index (χ3v) is 5.28.